The van der Waals surface area contributed by atoms with Gasteiger partial charge in [0.15, 0.2) is 0 Å². The molecule has 120 valence electrons. The quantitative estimate of drug-likeness (QED) is 0.934. The number of aromatic nitrogens is 2. The molecule has 5 nitrogen and oxygen atoms in total. The van der Waals surface area contributed by atoms with E-state index in [0.29, 0.717) is 24.2 Å². The molecule has 7 heteroatoms. The summed E-state index contributed by atoms with van der Waals surface area (Å²) >= 11 is 0. The topological polar surface area (TPSA) is 68.2 Å². The summed E-state index contributed by atoms with van der Waals surface area (Å²) in [5, 5.41) is 3.96. The van der Waals surface area contributed by atoms with E-state index < -0.39 is 0 Å². The first-order valence-corrected chi connectivity index (χ1v) is 7.25. The Morgan fingerprint density at radius 2 is 1.91 bits per heavy atom. The molecule has 0 aliphatic carbocycles. The molecule has 0 radical (unpaired) electrons. The molecule has 0 atom stereocenters. The Labute approximate surface area is 135 Å². The van der Waals surface area contributed by atoms with Gasteiger partial charge in [-0.2, -0.15) is 4.98 Å². The lowest BCUT2D eigenvalue weighted by atomic mass is 9.97. The SMILES string of the molecule is Cl.NCC1CCN(Cc2nc(-c3ccc(F)cc3)no2)CC1. The fourth-order valence-electron chi connectivity index (χ4n) is 2.61. The predicted octanol–water partition coefficient (Wildman–Crippen LogP) is 2.47. The van der Waals surface area contributed by atoms with E-state index in [4.69, 9.17) is 10.3 Å². The van der Waals surface area contributed by atoms with Gasteiger partial charge in [-0.25, -0.2) is 4.39 Å². The van der Waals surface area contributed by atoms with Gasteiger partial charge in [0.1, 0.15) is 5.82 Å². The summed E-state index contributed by atoms with van der Waals surface area (Å²) in [6.45, 7) is 3.45. The Hall–Kier alpha value is -1.50. The van der Waals surface area contributed by atoms with E-state index in [2.05, 4.69) is 15.0 Å². The summed E-state index contributed by atoms with van der Waals surface area (Å²) in [6, 6.07) is 6.08. The van der Waals surface area contributed by atoms with Gasteiger partial charge in [0.25, 0.3) is 0 Å². The van der Waals surface area contributed by atoms with Crippen LogP contribution < -0.4 is 5.73 Å². The maximum Gasteiger partial charge on any atom is 0.241 e. The minimum atomic E-state index is -0.273. The van der Waals surface area contributed by atoms with Crippen molar-refractivity contribution >= 4 is 12.4 Å². The molecule has 2 N–H and O–H groups in total. The zero-order valence-electron chi connectivity index (χ0n) is 12.2. The molecule has 1 saturated heterocycles. The van der Waals surface area contributed by atoms with Crippen molar-refractivity contribution < 1.29 is 8.91 Å². The molecule has 0 saturated carbocycles. The number of piperidine rings is 1. The predicted molar refractivity (Wildman–Crippen MR) is 84.0 cm³/mol. The second-order valence-corrected chi connectivity index (χ2v) is 5.47. The maximum absolute atomic E-state index is 12.9. The molecule has 1 aromatic carbocycles. The lowest BCUT2D eigenvalue weighted by Gasteiger charge is -2.30. The maximum atomic E-state index is 12.9. The summed E-state index contributed by atoms with van der Waals surface area (Å²) in [6.07, 6.45) is 2.24. The lowest BCUT2D eigenvalue weighted by molar-refractivity contribution is 0.161. The van der Waals surface area contributed by atoms with Crippen molar-refractivity contribution in [2.45, 2.75) is 19.4 Å². The average molecular weight is 327 g/mol. The zero-order valence-corrected chi connectivity index (χ0v) is 13.1. The van der Waals surface area contributed by atoms with Crippen LogP contribution in [0.3, 0.4) is 0 Å². The molecule has 1 aromatic heterocycles. The van der Waals surface area contributed by atoms with Gasteiger partial charge >= 0.3 is 0 Å². The number of benzene rings is 1. The van der Waals surface area contributed by atoms with Crippen LogP contribution in [0.1, 0.15) is 18.7 Å². The van der Waals surface area contributed by atoms with Crippen molar-refractivity contribution in [1.29, 1.82) is 0 Å². The monoisotopic (exact) mass is 326 g/mol. The molecule has 22 heavy (non-hydrogen) atoms. The summed E-state index contributed by atoms with van der Waals surface area (Å²) in [5.74, 6) is 1.46. The van der Waals surface area contributed by atoms with Gasteiger partial charge in [-0.05, 0) is 62.7 Å². The van der Waals surface area contributed by atoms with Crippen LogP contribution in [-0.2, 0) is 6.54 Å². The molecular weight excluding hydrogens is 307 g/mol. The molecular formula is C15H20ClFN4O. The molecule has 0 unspecified atom stereocenters. The number of likely N-dealkylation sites (tertiary alicyclic amines) is 1. The highest BCUT2D eigenvalue weighted by atomic mass is 35.5. The molecule has 1 aliphatic heterocycles. The summed E-state index contributed by atoms with van der Waals surface area (Å²) < 4.78 is 18.2. The van der Waals surface area contributed by atoms with Crippen molar-refractivity contribution in [3.63, 3.8) is 0 Å². The van der Waals surface area contributed by atoms with E-state index in [-0.39, 0.29) is 18.2 Å². The molecule has 0 bridgehead atoms. The van der Waals surface area contributed by atoms with E-state index in [1.54, 1.807) is 12.1 Å². The molecule has 2 heterocycles. The Morgan fingerprint density at radius 3 is 2.55 bits per heavy atom. The second kappa shape index (κ2) is 7.67. The summed E-state index contributed by atoms with van der Waals surface area (Å²) in [4.78, 5) is 6.68. The highest BCUT2D eigenvalue weighted by Crippen LogP contribution is 2.19. The number of halogens is 2. The third kappa shape index (κ3) is 4.03. The highest BCUT2D eigenvalue weighted by Gasteiger charge is 2.20. The smallest absolute Gasteiger partial charge is 0.241 e. The van der Waals surface area contributed by atoms with Gasteiger partial charge in [-0.3, -0.25) is 4.90 Å². The number of hydrogen-bond acceptors (Lipinski definition) is 5. The van der Waals surface area contributed by atoms with Gasteiger partial charge in [-0.1, -0.05) is 5.16 Å². The summed E-state index contributed by atoms with van der Waals surface area (Å²) in [7, 11) is 0. The number of nitrogens with zero attached hydrogens (tertiary/aromatic N) is 3. The van der Waals surface area contributed by atoms with Crippen LogP contribution in [0.15, 0.2) is 28.8 Å². The van der Waals surface area contributed by atoms with Gasteiger partial charge in [0.2, 0.25) is 11.7 Å². The third-order valence-corrected chi connectivity index (χ3v) is 3.97. The normalized spacial score (nSPS) is 16.5. The Bertz CT molecular complexity index is 581. The van der Waals surface area contributed by atoms with Crippen molar-refractivity contribution in [2.24, 2.45) is 11.7 Å². The third-order valence-electron chi connectivity index (χ3n) is 3.97. The van der Waals surface area contributed by atoms with Crippen molar-refractivity contribution in [1.82, 2.24) is 15.0 Å². The number of rotatable bonds is 4. The standard InChI is InChI=1S/C15H19FN4O.ClH/c16-13-3-1-12(2-4-13)15-18-14(21-19-15)10-20-7-5-11(9-17)6-8-20;/h1-4,11H,5-10,17H2;1H. The van der Waals surface area contributed by atoms with Gasteiger partial charge in [-0.15, -0.1) is 12.4 Å². The fraction of sp³-hybridized carbons (Fsp3) is 0.467. The van der Waals surface area contributed by atoms with Crippen LogP contribution in [0.2, 0.25) is 0 Å². The Kier molecular flexibility index (Phi) is 5.88. The largest absolute Gasteiger partial charge is 0.338 e. The van der Waals surface area contributed by atoms with Crippen LogP contribution >= 0.6 is 12.4 Å². The van der Waals surface area contributed by atoms with Crippen LogP contribution in [0.25, 0.3) is 11.4 Å². The molecule has 1 aliphatic rings. The highest BCUT2D eigenvalue weighted by molar-refractivity contribution is 5.85. The van der Waals surface area contributed by atoms with Gasteiger partial charge in [0.05, 0.1) is 6.54 Å². The molecule has 1 fully saturated rings. The van der Waals surface area contributed by atoms with Crippen molar-refractivity contribution in [2.75, 3.05) is 19.6 Å². The minimum Gasteiger partial charge on any atom is -0.338 e. The van der Waals surface area contributed by atoms with E-state index in [0.717, 1.165) is 38.0 Å². The second-order valence-electron chi connectivity index (χ2n) is 5.47. The fourth-order valence-corrected chi connectivity index (χ4v) is 2.61. The van der Waals surface area contributed by atoms with E-state index in [9.17, 15) is 4.39 Å². The number of hydrogen-bond donors (Lipinski definition) is 1. The molecule has 0 spiro atoms. The van der Waals surface area contributed by atoms with Gasteiger partial charge < -0.3 is 10.3 Å². The first kappa shape index (κ1) is 16.9. The average Bonchev–Trinajstić information content (AvgIpc) is 2.97. The van der Waals surface area contributed by atoms with Crippen molar-refractivity contribution in [3.05, 3.63) is 36.0 Å². The molecule has 0 amide bonds. The van der Waals surface area contributed by atoms with Crippen LogP contribution in [0.5, 0.6) is 0 Å². The summed E-state index contributed by atoms with van der Waals surface area (Å²) in [5.41, 5.74) is 6.45. The first-order valence-electron chi connectivity index (χ1n) is 7.25. The Morgan fingerprint density at radius 1 is 1.23 bits per heavy atom. The lowest BCUT2D eigenvalue weighted by Crippen LogP contribution is -2.35. The van der Waals surface area contributed by atoms with Crippen LogP contribution in [0, 0.1) is 11.7 Å². The molecule has 3 rings (SSSR count). The Balaban J connectivity index is 0.00000176. The van der Waals surface area contributed by atoms with Gasteiger partial charge in [0, 0.05) is 5.56 Å². The number of nitrogens with two attached hydrogens (primary N) is 1. The van der Waals surface area contributed by atoms with E-state index in [1.165, 1.54) is 12.1 Å². The zero-order chi connectivity index (χ0) is 14.7. The first-order chi connectivity index (χ1) is 10.2. The molecule has 2 aromatic rings. The van der Waals surface area contributed by atoms with Crippen LogP contribution in [-0.4, -0.2) is 34.7 Å². The minimum absolute atomic E-state index is 0. The van der Waals surface area contributed by atoms with Crippen LogP contribution in [0.4, 0.5) is 4.39 Å². The van der Waals surface area contributed by atoms with E-state index >= 15 is 0 Å². The van der Waals surface area contributed by atoms with Crippen molar-refractivity contribution in [3.8, 4) is 11.4 Å². The van der Waals surface area contributed by atoms with E-state index in [1.807, 2.05) is 0 Å².